The Morgan fingerprint density at radius 1 is 1.52 bits per heavy atom. The number of carbonyl (C=O) groups is 2. The molecule has 0 aromatic carbocycles. The van der Waals surface area contributed by atoms with Gasteiger partial charge in [0.25, 0.3) is 0 Å². The molecule has 3 rings (SSSR count). The van der Waals surface area contributed by atoms with Crippen molar-refractivity contribution >= 4 is 17.8 Å². The van der Waals surface area contributed by atoms with Crippen molar-refractivity contribution in [3.05, 3.63) is 29.8 Å². The molecule has 8 heteroatoms. The van der Waals surface area contributed by atoms with Crippen molar-refractivity contribution in [2.75, 3.05) is 0 Å². The summed E-state index contributed by atoms with van der Waals surface area (Å²) in [7, 11) is 0. The summed E-state index contributed by atoms with van der Waals surface area (Å²) in [6.07, 6.45) is 3.98. The standard InChI is InChI=1S/C17H22FN5O2/c1-3-17(2)6-13(24)23(16(20)22-17)14(11-5-12(11)15(19)25)9-4-10(18)8-21-7-9/h4,7-8,11-12,14H,3,5-6H2,1-2H3,(H2,19,25)(H2,20,22)/t11-,12-,14?,17+/m1/s1. The molecule has 1 aliphatic carbocycles. The monoisotopic (exact) mass is 347 g/mol. The third kappa shape index (κ3) is 3.20. The third-order valence-corrected chi connectivity index (χ3v) is 5.15. The van der Waals surface area contributed by atoms with Gasteiger partial charge in [-0.25, -0.2) is 9.38 Å². The number of halogens is 1. The van der Waals surface area contributed by atoms with Gasteiger partial charge in [0.15, 0.2) is 5.96 Å². The predicted molar refractivity (Wildman–Crippen MR) is 89.5 cm³/mol. The molecular weight excluding hydrogens is 325 g/mol. The van der Waals surface area contributed by atoms with Crippen molar-refractivity contribution in [1.82, 2.24) is 9.88 Å². The Kier molecular flexibility index (Phi) is 4.22. The highest BCUT2D eigenvalue weighted by molar-refractivity contribution is 5.99. The number of nitrogens with zero attached hydrogens (tertiary/aromatic N) is 3. The van der Waals surface area contributed by atoms with E-state index in [-0.39, 0.29) is 30.1 Å². The number of primary amides is 1. The van der Waals surface area contributed by atoms with Crippen molar-refractivity contribution in [2.24, 2.45) is 28.3 Å². The molecule has 1 saturated carbocycles. The molecule has 134 valence electrons. The van der Waals surface area contributed by atoms with Gasteiger partial charge in [-0.3, -0.25) is 19.5 Å². The molecule has 1 fully saturated rings. The average Bonchev–Trinajstić information content (AvgIpc) is 3.31. The van der Waals surface area contributed by atoms with Crippen LogP contribution in [0.2, 0.25) is 0 Å². The third-order valence-electron chi connectivity index (χ3n) is 5.15. The Balaban J connectivity index is 2.02. The van der Waals surface area contributed by atoms with Crippen LogP contribution in [0.4, 0.5) is 4.39 Å². The summed E-state index contributed by atoms with van der Waals surface area (Å²) in [5, 5.41) is 0. The summed E-state index contributed by atoms with van der Waals surface area (Å²) in [4.78, 5) is 34.1. The van der Waals surface area contributed by atoms with E-state index in [0.717, 1.165) is 6.20 Å². The maximum absolute atomic E-state index is 13.7. The number of guanidine groups is 1. The zero-order valence-corrected chi connectivity index (χ0v) is 14.3. The molecule has 4 atom stereocenters. The largest absolute Gasteiger partial charge is 0.369 e. The summed E-state index contributed by atoms with van der Waals surface area (Å²) in [5.41, 5.74) is 11.5. The minimum atomic E-state index is -0.599. The Morgan fingerprint density at radius 2 is 2.24 bits per heavy atom. The number of hydrogen-bond acceptors (Lipinski definition) is 5. The second-order valence-electron chi connectivity index (χ2n) is 7.05. The van der Waals surface area contributed by atoms with Crippen molar-refractivity contribution < 1.29 is 14.0 Å². The van der Waals surface area contributed by atoms with E-state index in [0.29, 0.717) is 18.4 Å². The van der Waals surface area contributed by atoms with E-state index < -0.39 is 23.3 Å². The van der Waals surface area contributed by atoms with Gasteiger partial charge in [-0.2, -0.15) is 0 Å². The SMILES string of the molecule is CC[C@@]1(C)CC(=O)N(C(c2cncc(F)c2)[C@@H]2C[C@H]2C(N)=O)C(N)=N1. The average molecular weight is 347 g/mol. The highest BCUT2D eigenvalue weighted by Crippen LogP contribution is 2.50. The highest BCUT2D eigenvalue weighted by Gasteiger charge is 2.52. The molecule has 2 aliphatic rings. The molecule has 0 spiro atoms. The zero-order valence-electron chi connectivity index (χ0n) is 14.3. The minimum absolute atomic E-state index is 0.0879. The summed E-state index contributed by atoms with van der Waals surface area (Å²) in [5.74, 6) is -1.64. The van der Waals surface area contributed by atoms with Gasteiger partial charge < -0.3 is 11.5 Å². The molecule has 2 amide bonds. The first-order valence-corrected chi connectivity index (χ1v) is 8.33. The summed E-state index contributed by atoms with van der Waals surface area (Å²) in [6, 6.07) is 0.709. The van der Waals surface area contributed by atoms with Crippen molar-refractivity contribution in [1.29, 1.82) is 0 Å². The first-order chi connectivity index (χ1) is 11.8. The van der Waals surface area contributed by atoms with Crippen LogP contribution in [0.5, 0.6) is 0 Å². The number of hydrogen-bond donors (Lipinski definition) is 2. The zero-order chi connectivity index (χ0) is 18.4. The van der Waals surface area contributed by atoms with Crippen LogP contribution in [0.15, 0.2) is 23.5 Å². The normalized spacial score (nSPS) is 30.0. The van der Waals surface area contributed by atoms with Gasteiger partial charge in [0.1, 0.15) is 5.82 Å². The van der Waals surface area contributed by atoms with Gasteiger partial charge in [0.05, 0.1) is 24.2 Å². The lowest BCUT2D eigenvalue weighted by Gasteiger charge is -2.39. The van der Waals surface area contributed by atoms with Crippen molar-refractivity contribution in [3.8, 4) is 0 Å². The molecular formula is C17H22FN5O2. The van der Waals surface area contributed by atoms with Crippen molar-refractivity contribution in [2.45, 2.75) is 44.7 Å². The van der Waals surface area contributed by atoms with Crippen LogP contribution in [-0.2, 0) is 9.59 Å². The first-order valence-electron chi connectivity index (χ1n) is 8.33. The maximum Gasteiger partial charge on any atom is 0.232 e. The molecule has 4 N–H and O–H groups in total. The van der Waals surface area contributed by atoms with Crippen LogP contribution in [0, 0.1) is 17.7 Å². The summed E-state index contributed by atoms with van der Waals surface area (Å²) < 4.78 is 13.7. The second kappa shape index (κ2) is 6.09. The Bertz CT molecular complexity index is 752. The van der Waals surface area contributed by atoms with E-state index in [4.69, 9.17) is 11.5 Å². The van der Waals surface area contributed by atoms with Gasteiger partial charge in [-0.1, -0.05) is 6.92 Å². The number of aromatic nitrogens is 1. The second-order valence-corrected chi connectivity index (χ2v) is 7.05. The molecule has 1 unspecified atom stereocenters. The van der Waals surface area contributed by atoms with Gasteiger partial charge >= 0.3 is 0 Å². The Labute approximate surface area is 145 Å². The fourth-order valence-electron chi connectivity index (χ4n) is 3.48. The van der Waals surface area contributed by atoms with E-state index in [1.54, 1.807) is 0 Å². The molecule has 1 aromatic heterocycles. The lowest BCUT2D eigenvalue weighted by Crippen LogP contribution is -2.52. The van der Waals surface area contributed by atoms with E-state index in [9.17, 15) is 14.0 Å². The van der Waals surface area contributed by atoms with E-state index in [2.05, 4.69) is 9.98 Å². The van der Waals surface area contributed by atoms with Gasteiger partial charge in [-0.15, -0.1) is 0 Å². The predicted octanol–water partition coefficient (Wildman–Crippen LogP) is 1.10. The lowest BCUT2D eigenvalue weighted by molar-refractivity contribution is -0.132. The molecule has 2 heterocycles. The number of amides is 2. The van der Waals surface area contributed by atoms with Gasteiger partial charge in [-0.05, 0) is 37.3 Å². The fourth-order valence-corrected chi connectivity index (χ4v) is 3.48. The molecule has 0 saturated heterocycles. The fraction of sp³-hybridized carbons (Fsp3) is 0.529. The van der Waals surface area contributed by atoms with Crippen LogP contribution >= 0.6 is 0 Å². The van der Waals surface area contributed by atoms with Crippen LogP contribution in [0.3, 0.4) is 0 Å². The van der Waals surface area contributed by atoms with Crippen LogP contribution in [0.25, 0.3) is 0 Å². The molecule has 0 bridgehead atoms. The minimum Gasteiger partial charge on any atom is -0.369 e. The maximum atomic E-state index is 13.7. The lowest BCUT2D eigenvalue weighted by atomic mass is 9.91. The van der Waals surface area contributed by atoms with Crippen LogP contribution in [-0.4, -0.2) is 33.2 Å². The van der Waals surface area contributed by atoms with Crippen LogP contribution in [0.1, 0.15) is 44.7 Å². The number of aliphatic imine (C=N–C) groups is 1. The quantitative estimate of drug-likeness (QED) is 0.830. The number of rotatable bonds is 5. The Morgan fingerprint density at radius 3 is 2.76 bits per heavy atom. The molecule has 0 radical (unpaired) electrons. The number of carbonyl (C=O) groups excluding carboxylic acids is 2. The smallest absolute Gasteiger partial charge is 0.232 e. The topological polar surface area (TPSA) is 115 Å². The molecule has 1 aliphatic heterocycles. The molecule has 25 heavy (non-hydrogen) atoms. The number of nitrogens with two attached hydrogens (primary N) is 2. The number of pyridine rings is 1. The van der Waals surface area contributed by atoms with E-state index >= 15 is 0 Å². The first kappa shape index (κ1) is 17.3. The molecule has 7 nitrogen and oxygen atoms in total. The van der Waals surface area contributed by atoms with Gasteiger partial charge in [0, 0.05) is 12.1 Å². The summed E-state index contributed by atoms with van der Waals surface area (Å²) >= 11 is 0. The van der Waals surface area contributed by atoms with Crippen LogP contribution < -0.4 is 11.5 Å². The van der Waals surface area contributed by atoms with Gasteiger partial charge in [0.2, 0.25) is 11.8 Å². The molecule has 1 aromatic rings. The Hall–Kier alpha value is -2.51. The van der Waals surface area contributed by atoms with E-state index in [1.165, 1.54) is 17.2 Å². The van der Waals surface area contributed by atoms with Crippen molar-refractivity contribution in [3.63, 3.8) is 0 Å². The highest BCUT2D eigenvalue weighted by atomic mass is 19.1. The van der Waals surface area contributed by atoms with E-state index in [1.807, 2.05) is 13.8 Å². The summed E-state index contributed by atoms with van der Waals surface area (Å²) in [6.45, 7) is 3.81.